The molecule has 6 heteroatoms. The highest BCUT2D eigenvalue weighted by atomic mass is 16.2. The first-order valence-corrected chi connectivity index (χ1v) is 9.31. The molecule has 1 heterocycles. The number of benzene rings is 1. The molecule has 0 spiro atoms. The predicted octanol–water partition coefficient (Wildman–Crippen LogP) is 2.74. The molecule has 0 fully saturated rings. The Kier molecular flexibility index (Phi) is 5.71. The molecule has 0 radical (unpaired) electrons. The Morgan fingerprint density at radius 2 is 2.04 bits per heavy atom. The lowest BCUT2D eigenvalue weighted by Gasteiger charge is -2.20. The quantitative estimate of drug-likeness (QED) is 0.811. The fourth-order valence-corrected chi connectivity index (χ4v) is 3.40. The van der Waals surface area contributed by atoms with Crippen molar-refractivity contribution in [2.24, 2.45) is 0 Å². The van der Waals surface area contributed by atoms with Crippen molar-refractivity contribution in [3.63, 3.8) is 0 Å². The van der Waals surface area contributed by atoms with E-state index in [9.17, 15) is 9.59 Å². The van der Waals surface area contributed by atoms with Gasteiger partial charge in [-0.1, -0.05) is 42.0 Å². The standard InChI is InChI=1S/C20H26N4O2/c1-3-23-19(17-12-8-5-9-13-17)22-24(20(23)26)14-18(25)21-15(2)16-10-6-4-7-11-16/h5,8-10,12-13,15H,3-4,6-7,11,14H2,1-2H3,(H,21,25)/t15-/m1/s1. The van der Waals surface area contributed by atoms with Gasteiger partial charge in [-0.2, -0.15) is 0 Å². The van der Waals surface area contributed by atoms with Crippen LogP contribution in [0.3, 0.4) is 0 Å². The molecule has 1 aromatic heterocycles. The number of nitrogens with one attached hydrogen (secondary N) is 1. The van der Waals surface area contributed by atoms with Gasteiger partial charge in [0.1, 0.15) is 6.54 Å². The third-order valence-electron chi connectivity index (χ3n) is 4.82. The van der Waals surface area contributed by atoms with Crippen LogP contribution in [0.2, 0.25) is 0 Å². The van der Waals surface area contributed by atoms with Crippen molar-refractivity contribution in [3.05, 3.63) is 52.5 Å². The van der Waals surface area contributed by atoms with Gasteiger partial charge < -0.3 is 5.32 Å². The summed E-state index contributed by atoms with van der Waals surface area (Å²) >= 11 is 0. The first-order valence-electron chi connectivity index (χ1n) is 9.31. The Labute approximate surface area is 153 Å². The number of carbonyl (C=O) groups is 1. The minimum atomic E-state index is -0.258. The Bertz CT molecular complexity index is 848. The summed E-state index contributed by atoms with van der Waals surface area (Å²) in [6.07, 6.45) is 6.73. The van der Waals surface area contributed by atoms with Crippen LogP contribution in [0.5, 0.6) is 0 Å². The van der Waals surface area contributed by atoms with Crippen LogP contribution in [0.15, 0.2) is 46.8 Å². The van der Waals surface area contributed by atoms with Gasteiger partial charge in [0.2, 0.25) is 5.91 Å². The van der Waals surface area contributed by atoms with E-state index in [0.29, 0.717) is 12.4 Å². The van der Waals surface area contributed by atoms with Crippen LogP contribution in [-0.2, 0) is 17.9 Å². The van der Waals surface area contributed by atoms with Gasteiger partial charge in [0.15, 0.2) is 5.82 Å². The highest BCUT2D eigenvalue weighted by molar-refractivity contribution is 5.76. The summed E-state index contributed by atoms with van der Waals surface area (Å²) < 4.78 is 2.85. The van der Waals surface area contributed by atoms with E-state index in [4.69, 9.17) is 0 Å². The summed E-state index contributed by atoms with van der Waals surface area (Å²) in [5, 5.41) is 7.40. The highest BCUT2D eigenvalue weighted by Gasteiger charge is 2.18. The van der Waals surface area contributed by atoms with Gasteiger partial charge in [-0.05, 0) is 39.5 Å². The number of hydrogen-bond acceptors (Lipinski definition) is 3. The third-order valence-corrected chi connectivity index (χ3v) is 4.82. The van der Waals surface area contributed by atoms with Gasteiger partial charge >= 0.3 is 5.69 Å². The first kappa shape index (κ1) is 18.2. The van der Waals surface area contributed by atoms with E-state index in [1.807, 2.05) is 44.2 Å². The molecule has 3 rings (SSSR count). The van der Waals surface area contributed by atoms with Crippen LogP contribution >= 0.6 is 0 Å². The lowest BCUT2D eigenvalue weighted by molar-refractivity contribution is -0.122. The zero-order valence-electron chi connectivity index (χ0n) is 15.4. The van der Waals surface area contributed by atoms with Crippen LogP contribution in [0.1, 0.15) is 39.5 Å². The van der Waals surface area contributed by atoms with Crippen LogP contribution < -0.4 is 11.0 Å². The minimum absolute atomic E-state index is 0.000330. The van der Waals surface area contributed by atoms with Crippen LogP contribution in [0, 0.1) is 0 Å². The molecule has 1 aliphatic carbocycles. The van der Waals surface area contributed by atoms with Crippen molar-refractivity contribution >= 4 is 5.91 Å². The van der Waals surface area contributed by atoms with Crippen LogP contribution in [0.4, 0.5) is 0 Å². The number of carbonyl (C=O) groups excluding carboxylic acids is 1. The molecule has 1 N–H and O–H groups in total. The SMILES string of the molecule is CCn1c(-c2ccccc2)nn(CC(=O)N[C@H](C)C2=CCCCC2)c1=O. The third kappa shape index (κ3) is 3.95. The zero-order valence-corrected chi connectivity index (χ0v) is 15.4. The normalized spacial score (nSPS) is 15.4. The van der Waals surface area contributed by atoms with Gasteiger partial charge in [-0.3, -0.25) is 9.36 Å². The summed E-state index contributed by atoms with van der Waals surface area (Å²) in [7, 11) is 0. The van der Waals surface area contributed by atoms with Crippen molar-refractivity contribution in [1.29, 1.82) is 0 Å². The number of aromatic nitrogens is 3. The molecule has 1 aromatic carbocycles. The molecule has 1 aliphatic rings. The maximum Gasteiger partial charge on any atom is 0.346 e. The van der Waals surface area contributed by atoms with Crippen molar-refractivity contribution < 1.29 is 4.79 Å². The Balaban J connectivity index is 1.75. The molecule has 6 nitrogen and oxygen atoms in total. The van der Waals surface area contributed by atoms with E-state index in [0.717, 1.165) is 18.4 Å². The smallest absolute Gasteiger partial charge is 0.346 e. The molecule has 0 bridgehead atoms. The lowest BCUT2D eigenvalue weighted by atomic mass is 9.95. The summed E-state index contributed by atoms with van der Waals surface area (Å²) in [4.78, 5) is 25.0. The van der Waals surface area contributed by atoms with Gasteiger partial charge in [0, 0.05) is 18.2 Å². The molecule has 1 atom stereocenters. The van der Waals surface area contributed by atoms with E-state index in [1.54, 1.807) is 4.57 Å². The topological polar surface area (TPSA) is 68.9 Å². The van der Waals surface area contributed by atoms with Gasteiger partial charge in [0.05, 0.1) is 0 Å². The fourth-order valence-electron chi connectivity index (χ4n) is 3.40. The number of nitrogens with zero attached hydrogens (tertiary/aromatic N) is 3. The van der Waals surface area contributed by atoms with Gasteiger partial charge in [-0.15, -0.1) is 5.10 Å². The number of allylic oxidation sites excluding steroid dienone is 1. The van der Waals surface area contributed by atoms with Crippen LogP contribution in [-0.4, -0.2) is 26.3 Å². The van der Waals surface area contributed by atoms with Gasteiger partial charge in [0.25, 0.3) is 0 Å². The lowest BCUT2D eigenvalue weighted by Crippen LogP contribution is -2.39. The summed E-state index contributed by atoms with van der Waals surface area (Å²) in [5.74, 6) is 0.403. The summed E-state index contributed by atoms with van der Waals surface area (Å²) in [6, 6.07) is 9.56. The van der Waals surface area contributed by atoms with Crippen molar-refractivity contribution in [2.75, 3.05) is 0 Å². The molecule has 0 unspecified atom stereocenters. The average molecular weight is 354 g/mol. The van der Waals surface area contributed by atoms with E-state index in [-0.39, 0.29) is 24.2 Å². The van der Waals surface area contributed by atoms with Crippen molar-refractivity contribution in [1.82, 2.24) is 19.7 Å². The molecular formula is C20H26N4O2. The van der Waals surface area contributed by atoms with Gasteiger partial charge in [-0.25, -0.2) is 9.48 Å². The Morgan fingerprint density at radius 1 is 1.27 bits per heavy atom. The molecule has 0 aliphatic heterocycles. The largest absolute Gasteiger partial charge is 0.348 e. The molecule has 26 heavy (non-hydrogen) atoms. The second kappa shape index (κ2) is 8.17. The maximum absolute atomic E-state index is 12.6. The Hall–Kier alpha value is -2.63. The van der Waals surface area contributed by atoms with Crippen LogP contribution in [0.25, 0.3) is 11.4 Å². The molecule has 0 saturated heterocycles. The molecular weight excluding hydrogens is 328 g/mol. The minimum Gasteiger partial charge on any atom is -0.348 e. The molecule has 0 saturated carbocycles. The van der Waals surface area contributed by atoms with E-state index < -0.39 is 0 Å². The monoisotopic (exact) mass is 354 g/mol. The number of rotatable bonds is 6. The zero-order chi connectivity index (χ0) is 18.5. The van der Waals surface area contributed by atoms with E-state index in [1.165, 1.54) is 23.1 Å². The first-order chi connectivity index (χ1) is 12.6. The molecule has 138 valence electrons. The maximum atomic E-state index is 12.6. The fraction of sp³-hybridized carbons (Fsp3) is 0.450. The Morgan fingerprint density at radius 3 is 2.69 bits per heavy atom. The highest BCUT2D eigenvalue weighted by Crippen LogP contribution is 2.20. The second-order valence-corrected chi connectivity index (χ2v) is 6.69. The predicted molar refractivity (Wildman–Crippen MR) is 102 cm³/mol. The molecule has 1 amide bonds. The summed E-state index contributed by atoms with van der Waals surface area (Å²) in [6.45, 7) is 4.34. The van der Waals surface area contributed by atoms with E-state index in [2.05, 4.69) is 16.5 Å². The summed E-state index contributed by atoms with van der Waals surface area (Å²) in [5.41, 5.74) is 1.89. The average Bonchev–Trinajstić information content (AvgIpc) is 2.98. The van der Waals surface area contributed by atoms with Crippen molar-refractivity contribution in [2.45, 2.75) is 58.7 Å². The second-order valence-electron chi connectivity index (χ2n) is 6.69. The van der Waals surface area contributed by atoms with Crippen molar-refractivity contribution in [3.8, 4) is 11.4 Å². The number of hydrogen-bond donors (Lipinski definition) is 1. The molecule has 2 aromatic rings. The van der Waals surface area contributed by atoms with E-state index >= 15 is 0 Å². The number of amides is 1.